The van der Waals surface area contributed by atoms with Crippen molar-refractivity contribution in [3.8, 4) is 0 Å². The topological polar surface area (TPSA) is 12.0 Å². The van der Waals surface area contributed by atoms with E-state index < -0.39 is 0 Å². The molecule has 0 spiro atoms. The molecule has 1 N–H and O–H groups in total. The van der Waals surface area contributed by atoms with E-state index in [9.17, 15) is 0 Å². The molecule has 0 heterocycles. The van der Waals surface area contributed by atoms with E-state index in [2.05, 4.69) is 56.4 Å². The molecule has 19 heavy (non-hydrogen) atoms. The van der Waals surface area contributed by atoms with E-state index in [-0.39, 0.29) is 0 Å². The summed E-state index contributed by atoms with van der Waals surface area (Å²) in [6, 6.07) is 11.4. The van der Waals surface area contributed by atoms with Gasteiger partial charge in [0.1, 0.15) is 0 Å². The maximum absolute atomic E-state index is 3.83. The van der Waals surface area contributed by atoms with Crippen LogP contribution in [0.3, 0.4) is 0 Å². The van der Waals surface area contributed by atoms with Crippen LogP contribution in [-0.4, -0.2) is 6.54 Å². The van der Waals surface area contributed by atoms with Crippen LogP contribution in [-0.2, 0) is 0 Å². The molecule has 0 aliphatic heterocycles. The molecule has 1 aromatic rings. The molecule has 2 rings (SSSR count). The van der Waals surface area contributed by atoms with Crippen LogP contribution in [0.25, 0.3) is 0 Å². The van der Waals surface area contributed by atoms with Gasteiger partial charge in [0.2, 0.25) is 0 Å². The summed E-state index contributed by atoms with van der Waals surface area (Å²) in [7, 11) is 0. The van der Waals surface area contributed by atoms with Crippen LogP contribution in [0, 0.1) is 17.8 Å². The SMILES string of the molecule is CC1CCCC(CNC(c2ccccc2)C(C)C)C1. The van der Waals surface area contributed by atoms with Crippen molar-refractivity contribution in [3.63, 3.8) is 0 Å². The summed E-state index contributed by atoms with van der Waals surface area (Å²) in [5.41, 5.74) is 1.43. The zero-order valence-corrected chi connectivity index (χ0v) is 12.7. The molecule has 1 aliphatic carbocycles. The second-order valence-electron chi connectivity index (χ2n) is 6.68. The van der Waals surface area contributed by atoms with Gasteiger partial charge in [-0.1, -0.05) is 63.9 Å². The quantitative estimate of drug-likeness (QED) is 0.801. The van der Waals surface area contributed by atoms with Crippen LogP contribution in [0.4, 0.5) is 0 Å². The minimum absolute atomic E-state index is 0.499. The molecular weight excluding hydrogens is 230 g/mol. The Balaban J connectivity index is 1.91. The lowest BCUT2D eigenvalue weighted by atomic mass is 9.82. The van der Waals surface area contributed by atoms with E-state index in [1.54, 1.807) is 0 Å². The van der Waals surface area contributed by atoms with Gasteiger partial charge in [-0.2, -0.15) is 0 Å². The molecule has 1 saturated carbocycles. The van der Waals surface area contributed by atoms with E-state index in [1.807, 2.05) is 0 Å². The van der Waals surface area contributed by atoms with Gasteiger partial charge in [-0.25, -0.2) is 0 Å². The first-order valence-electron chi connectivity index (χ1n) is 7.95. The molecule has 1 aliphatic rings. The van der Waals surface area contributed by atoms with E-state index >= 15 is 0 Å². The average molecular weight is 259 g/mol. The molecule has 1 aromatic carbocycles. The highest BCUT2D eigenvalue weighted by atomic mass is 14.9. The fraction of sp³-hybridized carbons (Fsp3) is 0.667. The first-order chi connectivity index (χ1) is 9.16. The summed E-state index contributed by atoms with van der Waals surface area (Å²) < 4.78 is 0. The van der Waals surface area contributed by atoms with E-state index in [1.165, 1.54) is 37.8 Å². The first kappa shape index (κ1) is 14.6. The van der Waals surface area contributed by atoms with Crippen molar-refractivity contribution in [2.24, 2.45) is 17.8 Å². The van der Waals surface area contributed by atoms with Gasteiger partial charge in [-0.3, -0.25) is 0 Å². The minimum Gasteiger partial charge on any atom is -0.309 e. The number of hydrogen-bond acceptors (Lipinski definition) is 1. The fourth-order valence-corrected chi connectivity index (χ4v) is 3.44. The summed E-state index contributed by atoms with van der Waals surface area (Å²) in [5, 5.41) is 3.83. The van der Waals surface area contributed by atoms with Crippen molar-refractivity contribution in [1.82, 2.24) is 5.32 Å². The molecule has 1 nitrogen and oxygen atoms in total. The van der Waals surface area contributed by atoms with E-state index in [0.717, 1.165) is 11.8 Å². The summed E-state index contributed by atoms with van der Waals surface area (Å²) in [6.45, 7) is 8.22. The Hall–Kier alpha value is -0.820. The third kappa shape index (κ3) is 4.35. The number of hydrogen-bond donors (Lipinski definition) is 1. The van der Waals surface area contributed by atoms with Crippen LogP contribution < -0.4 is 5.32 Å². The fourth-order valence-electron chi connectivity index (χ4n) is 3.44. The van der Waals surface area contributed by atoms with Crippen molar-refractivity contribution in [2.45, 2.75) is 52.5 Å². The van der Waals surface area contributed by atoms with E-state index in [0.29, 0.717) is 12.0 Å². The Bertz CT molecular complexity index is 357. The zero-order valence-electron chi connectivity index (χ0n) is 12.7. The van der Waals surface area contributed by atoms with Crippen molar-refractivity contribution < 1.29 is 0 Å². The lowest BCUT2D eigenvalue weighted by Gasteiger charge is -2.30. The van der Waals surface area contributed by atoms with Gasteiger partial charge in [0.25, 0.3) is 0 Å². The monoisotopic (exact) mass is 259 g/mol. The molecule has 3 unspecified atom stereocenters. The van der Waals surface area contributed by atoms with Crippen molar-refractivity contribution in [3.05, 3.63) is 35.9 Å². The zero-order chi connectivity index (χ0) is 13.7. The van der Waals surface area contributed by atoms with Gasteiger partial charge in [-0.05, 0) is 42.7 Å². The Morgan fingerprint density at radius 1 is 1.16 bits per heavy atom. The number of benzene rings is 1. The van der Waals surface area contributed by atoms with Crippen LogP contribution >= 0.6 is 0 Å². The Kier molecular flexibility index (Phi) is 5.45. The van der Waals surface area contributed by atoms with E-state index in [4.69, 9.17) is 0 Å². The molecule has 0 bridgehead atoms. The van der Waals surface area contributed by atoms with Gasteiger partial charge >= 0.3 is 0 Å². The lowest BCUT2D eigenvalue weighted by Crippen LogP contribution is -2.32. The average Bonchev–Trinajstić information content (AvgIpc) is 2.40. The highest BCUT2D eigenvalue weighted by Gasteiger charge is 2.21. The molecule has 3 atom stereocenters. The Morgan fingerprint density at radius 2 is 1.89 bits per heavy atom. The van der Waals surface area contributed by atoms with Crippen LogP contribution in [0.5, 0.6) is 0 Å². The first-order valence-corrected chi connectivity index (χ1v) is 7.95. The summed E-state index contributed by atoms with van der Waals surface area (Å²) in [5.74, 6) is 2.45. The third-order valence-corrected chi connectivity index (χ3v) is 4.50. The molecule has 0 aromatic heterocycles. The molecule has 1 heteroatoms. The predicted molar refractivity (Wildman–Crippen MR) is 83.1 cm³/mol. The minimum atomic E-state index is 0.499. The highest BCUT2D eigenvalue weighted by Crippen LogP contribution is 2.29. The summed E-state index contributed by atoms with van der Waals surface area (Å²) in [6.07, 6.45) is 5.68. The maximum atomic E-state index is 3.83. The highest BCUT2D eigenvalue weighted by molar-refractivity contribution is 5.19. The lowest BCUT2D eigenvalue weighted by molar-refractivity contribution is 0.258. The number of nitrogens with one attached hydrogen (secondary N) is 1. The second-order valence-corrected chi connectivity index (χ2v) is 6.68. The molecule has 0 saturated heterocycles. The molecule has 106 valence electrons. The van der Waals surface area contributed by atoms with Crippen molar-refractivity contribution >= 4 is 0 Å². The maximum Gasteiger partial charge on any atom is 0.0343 e. The van der Waals surface area contributed by atoms with Crippen LogP contribution in [0.15, 0.2) is 30.3 Å². The van der Waals surface area contributed by atoms with Crippen molar-refractivity contribution in [2.75, 3.05) is 6.54 Å². The smallest absolute Gasteiger partial charge is 0.0343 e. The van der Waals surface area contributed by atoms with Crippen LogP contribution in [0.2, 0.25) is 0 Å². The Labute approximate surface area is 118 Å². The standard InChI is InChI=1S/C18H29N/c1-14(2)18(17-10-5-4-6-11-17)19-13-16-9-7-8-15(3)12-16/h4-6,10-11,14-16,18-19H,7-9,12-13H2,1-3H3. The van der Waals surface area contributed by atoms with Gasteiger partial charge in [0, 0.05) is 6.04 Å². The van der Waals surface area contributed by atoms with Crippen molar-refractivity contribution in [1.29, 1.82) is 0 Å². The van der Waals surface area contributed by atoms with Crippen LogP contribution in [0.1, 0.15) is 58.1 Å². The summed E-state index contributed by atoms with van der Waals surface area (Å²) >= 11 is 0. The third-order valence-electron chi connectivity index (χ3n) is 4.50. The molecule has 0 radical (unpaired) electrons. The van der Waals surface area contributed by atoms with Gasteiger partial charge < -0.3 is 5.32 Å². The van der Waals surface area contributed by atoms with Gasteiger partial charge in [0.05, 0.1) is 0 Å². The second kappa shape index (κ2) is 7.09. The summed E-state index contributed by atoms with van der Waals surface area (Å²) in [4.78, 5) is 0. The Morgan fingerprint density at radius 3 is 2.53 bits per heavy atom. The number of rotatable bonds is 5. The molecule has 1 fully saturated rings. The largest absolute Gasteiger partial charge is 0.309 e. The molecular formula is C18H29N. The van der Waals surface area contributed by atoms with Gasteiger partial charge in [0.15, 0.2) is 0 Å². The molecule has 0 amide bonds. The normalized spacial score (nSPS) is 25.5. The van der Waals surface area contributed by atoms with Gasteiger partial charge in [-0.15, -0.1) is 0 Å². The predicted octanol–water partition coefficient (Wildman–Crippen LogP) is 4.80.